The van der Waals surface area contributed by atoms with Crippen molar-refractivity contribution in [1.29, 1.82) is 0 Å². The predicted octanol–water partition coefficient (Wildman–Crippen LogP) is 1.26. The molecule has 3 rings (SSSR count). The van der Waals surface area contributed by atoms with E-state index < -0.39 is 12.0 Å². The quantitative estimate of drug-likeness (QED) is 0.626. The molecule has 0 bridgehead atoms. The van der Waals surface area contributed by atoms with Crippen LogP contribution >= 0.6 is 0 Å². The standard InChI is InChI=1S/C20H20N2O4/c1-2-26-20(25)15-8-10-16(11-9-15)22-18(23)12-17(19(22)24)21-13-14-6-4-3-5-7-14/h3-11,17,21H,2,12-13H2,1H3/p+1/t17-/m0/s1. The molecule has 1 aliphatic heterocycles. The predicted molar refractivity (Wildman–Crippen MR) is 95.4 cm³/mol. The van der Waals surface area contributed by atoms with Gasteiger partial charge in [-0.3, -0.25) is 9.59 Å². The molecule has 2 amide bonds. The van der Waals surface area contributed by atoms with E-state index in [1.165, 1.54) is 4.90 Å². The summed E-state index contributed by atoms with van der Waals surface area (Å²) in [6.45, 7) is 2.67. The van der Waals surface area contributed by atoms with Gasteiger partial charge in [0, 0.05) is 5.56 Å². The van der Waals surface area contributed by atoms with E-state index in [4.69, 9.17) is 4.74 Å². The fourth-order valence-corrected chi connectivity index (χ4v) is 2.96. The number of anilines is 1. The summed E-state index contributed by atoms with van der Waals surface area (Å²) in [5, 5.41) is 1.89. The summed E-state index contributed by atoms with van der Waals surface area (Å²) in [6.07, 6.45) is 0.172. The number of benzene rings is 2. The van der Waals surface area contributed by atoms with Gasteiger partial charge in [-0.1, -0.05) is 30.3 Å². The van der Waals surface area contributed by atoms with E-state index in [9.17, 15) is 14.4 Å². The Morgan fingerprint density at radius 2 is 1.81 bits per heavy atom. The van der Waals surface area contributed by atoms with E-state index in [-0.39, 0.29) is 18.2 Å². The van der Waals surface area contributed by atoms with Crippen LogP contribution in [-0.4, -0.2) is 30.4 Å². The Morgan fingerprint density at radius 3 is 2.46 bits per heavy atom. The van der Waals surface area contributed by atoms with Crippen molar-refractivity contribution in [2.24, 2.45) is 0 Å². The highest BCUT2D eigenvalue weighted by Crippen LogP contribution is 2.22. The van der Waals surface area contributed by atoms with E-state index in [2.05, 4.69) is 0 Å². The van der Waals surface area contributed by atoms with Gasteiger partial charge in [0.1, 0.15) is 6.54 Å². The van der Waals surface area contributed by atoms with Gasteiger partial charge < -0.3 is 10.1 Å². The van der Waals surface area contributed by atoms with Crippen LogP contribution in [0.2, 0.25) is 0 Å². The SMILES string of the molecule is CCOC(=O)c1ccc(N2C(=O)C[C@H]([NH2+]Cc3ccccc3)C2=O)cc1. The van der Waals surface area contributed by atoms with Gasteiger partial charge in [0.25, 0.3) is 5.91 Å². The van der Waals surface area contributed by atoms with E-state index >= 15 is 0 Å². The molecule has 1 aliphatic rings. The molecule has 26 heavy (non-hydrogen) atoms. The topological polar surface area (TPSA) is 80.3 Å². The number of nitrogens with zero attached hydrogens (tertiary/aromatic N) is 1. The molecular weight excluding hydrogens is 332 g/mol. The molecular formula is C20H21N2O4+. The number of ether oxygens (including phenoxy) is 1. The number of imide groups is 1. The molecule has 2 aromatic carbocycles. The van der Waals surface area contributed by atoms with E-state index in [1.54, 1.807) is 31.2 Å². The smallest absolute Gasteiger partial charge is 0.338 e. The van der Waals surface area contributed by atoms with Crippen LogP contribution in [-0.2, 0) is 20.9 Å². The highest BCUT2D eigenvalue weighted by Gasteiger charge is 2.42. The molecule has 0 radical (unpaired) electrons. The van der Waals surface area contributed by atoms with Crippen LogP contribution in [0.3, 0.4) is 0 Å². The lowest BCUT2D eigenvalue weighted by Gasteiger charge is -2.14. The summed E-state index contributed by atoms with van der Waals surface area (Å²) in [5.41, 5.74) is 1.97. The van der Waals surface area contributed by atoms with Crippen molar-refractivity contribution in [1.82, 2.24) is 0 Å². The lowest BCUT2D eigenvalue weighted by molar-refractivity contribution is -0.690. The number of esters is 1. The summed E-state index contributed by atoms with van der Waals surface area (Å²) in [4.78, 5) is 37.9. The molecule has 6 heteroatoms. The first kappa shape index (κ1) is 17.8. The number of hydrogen-bond acceptors (Lipinski definition) is 4. The zero-order valence-electron chi connectivity index (χ0n) is 14.6. The Morgan fingerprint density at radius 1 is 1.12 bits per heavy atom. The third kappa shape index (κ3) is 3.81. The van der Waals surface area contributed by atoms with Crippen molar-refractivity contribution in [3.63, 3.8) is 0 Å². The average molecular weight is 353 g/mol. The van der Waals surface area contributed by atoms with Crippen LogP contribution in [0.1, 0.15) is 29.3 Å². The van der Waals surface area contributed by atoms with Crippen molar-refractivity contribution in [3.05, 3.63) is 65.7 Å². The number of hydrogen-bond donors (Lipinski definition) is 1. The minimum atomic E-state index is -0.424. The number of rotatable bonds is 6. The zero-order valence-corrected chi connectivity index (χ0v) is 14.6. The molecule has 0 saturated carbocycles. The highest BCUT2D eigenvalue weighted by atomic mass is 16.5. The number of nitrogens with two attached hydrogens (primary N) is 1. The fourth-order valence-electron chi connectivity index (χ4n) is 2.96. The van der Waals surface area contributed by atoms with Gasteiger partial charge in [0.15, 0.2) is 6.04 Å². The van der Waals surface area contributed by atoms with Crippen LogP contribution in [0.15, 0.2) is 54.6 Å². The minimum Gasteiger partial charge on any atom is -0.462 e. The second-order valence-corrected chi connectivity index (χ2v) is 6.07. The number of amides is 2. The summed E-state index contributed by atoms with van der Waals surface area (Å²) >= 11 is 0. The maximum absolute atomic E-state index is 12.6. The molecule has 134 valence electrons. The van der Waals surface area contributed by atoms with Crippen LogP contribution in [0.25, 0.3) is 0 Å². The molecule has 0 aromatic heterocycles. The first-order chi connectivity index (χ1) is 12.6. The molecule has 2 aromatic rings. The summed E-state index contributed by atoms with van der Waals surface area (Å²) in [6, 6.07) is 15.7. The molecule has 6 nitrogen and oxygen atoms in total. The third-order valence-electron chi connectivity index (χ3n) is 4.30. The lowest BCUT2D eigenvalue weighted by Crippen LogP contribution is -2.90. The largest absolute Gasteiger partial charge is 0.462 e. The van der Waals surface area contributed by atoms with Crippen molar-refractivity contribution >= 4 is 23.5 Å². The van der Waals surface area contributed by atoms with E-state index in [1.807, 2.05) is 35.6 Å². The highest BCUT2D eigenvalue weighted by molar-refractivity contribution is 6.21. The van der Waals surface area contributed by atoms with E-state index in [0.717, 1.165) is 5.56 Å². The zero-order chi connectivity index (χ0) is 18.5. The van der Waals surface area contributed by atoms with Crippen molar-refractivity contribution in [3.8, 4) is 0 Å². The second kappa shape index (κ2) is 7.93. The van der Waals surface area contributed by atoms with Crippen molar-refractivity contribution in [2.45, 2.75) is 25.9 Å². The summed E-state index contributed by atoms with van der Waals surface area (Å²) in [7, 11) is 0. The molecule has 0 aliphatic carbocycles. The summed E-state index contributed by atoms with van der Waals surface area (Å²) < 4.78 is 4.94. The first-order valence-corrected chi connectivity index (χ1v) is 8.61. The number of carbonyl (C=O) groups is 3. The Balaban J connectivity index is 1.67. The normalized spacial score (nSPS) is 16.8. The molecule has 1 saturated heterocycles. The fraction of sp³-hybridized carbons (Fsp3) is 0.250. The van der Waals surface area contributed by atoms with Gasteiger partial charge in [0.05, 0.1) is 24.3 Å². The third-order valence-corrected chi connectivity index (χ3v) is 4.30. The van der Waals surface area contributed by atoms with Crippen molar-refractivity contribution in [2.75, 3.05) is 11.5 Å². The Bertz CT molecular complexity index is 802. The van der Waals surface area contributed by atoms with E-state index in [0.29, 0.717) is 24.4 Å². The summed E-state index contributed by atoms with van der Waals surface area (Å²) in [5.74, 6) is -0.879. The van der Waals surface area contributed by atoms with Crippen molar-refractivity contribution < 1.29 is 24.4 Å². The van der Waals surface area contributed by atoms with Crippen LogP contribution < -0.4 is 10.2 Å². The average Bonchev–Trinajstić information content (AvgIpc) is 2.95. The molecule has 2 N–H and O–H groups in total. The molecule has 0 unspecified atom stereocenters. The maximum Gasteiger partial charge on any atom is 0.338 e. The van der Waals surface area contributed by atoms with Gasteiger partial charge >= 0.3 is 5.97 Å². The number of quaternary nitrogens is 1. The van der Waals surface area contributed by atoms with Crippen LogP contribution in [0.4, 0.5) is 5.69 Å². The van der Waals surface area contributed by atoms with Crippen LogP contribution in [0, 0.1) is 0 Å². The van der Waals surface area contributed by atoms with Gasteiger partial charge in [-0.2, -0.15) is 0 Å². The van der Waals surface area contributed by atoms with Gasteiger partial charge in [-0.15, -0.1) is 0 Å². The lowest BCUT2D eigenvalue weighted by atomic mass is 10.2. The Labute approximate surface area is 151 Å². The van der Waals surface area contributed by atoms with Gasteiger partial charge in [0.2, 0.25) is 5.91 Å². The maximum atomic E-state index is 12.6. The Kier molecular flexibility index (Phi) is 5.43. The van der Waals surface area contributed by atoms with Crippen LogP contribution in [0.5, 0.6) is 0 Å². The molecule has 1 fully saturated rings. The minimum absolute atomic E-state index is 0.172. The molecule has 1 atom stereocenters. The second-order valence-electron chi connectivity index (χ2n) is 6.07. The number of carbonyl (C=O) groups excluding carboxylic acids is 3. The van der Waals surface area contributed by atoms with Gasteiger partial charge in [-0.05, 0) is 31.2 Å². The van der Waals surface area contributed by atoms with Gasteiger partial charge in [-0.25, -0.2) is 9.69 Å². The first-order valence-electron chi connectivity index (χ1n) is 8.61. The monoisotopic (exact) mass is 353 g/mol. The Hall–Kier alpha value is -2.99. The molecule has 0 spiro atoms. The molecule has 1 heterocycles.